The van der Waals surface area contributed by atoms with Crippen molar-refractivity contribution in [3.8, 4) is 0 Å². The molecular formula is C27H58N2O10Si2. The number of rotatable bonds is 24. The molecule has 12 nitrogen and oxygen atoms in total. The van der Waals surface area contributed by atoms with Gasteiger partial charge < -0.3 is 46.7 Å². The molecule has 0 radical (unpaired) electrons. The molecule has 0 bridgehead atoms. The van der Waals surface area contributed by atoms with Crippen molar-refractivity contribution < 1.29 is 45.6 Å². The lowest BCUT2D eigenvalue weighted by molar-refractivity contribution is 0.0132. The average Bonchev–Trinajstić information content (AvgIpc) is 2.89. The number of carbonyl (C=O) groups is 2. The van der Waals surface area contributed by atoms with Crippen LogP contribution in [0.1, 0.15) is 81.6 Å². The minimum absolute atomic E-state index is 0.113. The topological polar surface area (TPSA) is 132 Å². The van der Waals surface area contributed by atoms with E-state index in [1.165, 1.54) is 0 Å². The van der Waals surface area contributed by atoms with Gasteiger partial charge in [0.1, 0.15) is 6.10 Å². The highest BCUT2D eigenvalue weighted by molar-refractivity contribution is 6.61. The Labute approximate surface area is 250 Å². The number of hydrogen-bond acceptors (Lipinski definition) is 10. The standard InChI is InChI=1S/C27H58N2O10Si2/c1-10-33-40(34-11-2,35-12-3)22-16-19-28-25(30)32-21-18-24(27(7,8)9)39-26(31)29-20-17-23-41(36-13-4,37-14-5)38-15-6/h24H,10-23H2,1-9H3,(H,28,30)(H,29,31). The predicted octanol–water partition coefficient (Wildman–Crippen LogP) is 5.12. The summed E-state index contributed by atoms with van der Waals surface area (Å²) in [7, 11) is -5.50. The zero-order valence-electron chi connectivity index (χ0n) is 27.1. The normalized spacial score (nSPS) is 13.1. The fourth-order valence-corrected chi connectivity index (χ4v) is 9.37. The van der Waals surface area contributed by atoms with Gasteiger partial charge in [-0.1, -0.05) is 20.8 Å². The molecule has 1 unspecified atom stereocenters. The lowest BCUT2D eigenvalue weighted by atomic mass is 9.87. The van der Waals surface area contributed by atoms with E-state index >= 15 is 0 Å². The fourth-order valence-electron chi connectivity index (χ4n) is 4.14. The minimum atomic E-state index is -2.75. The van der Waals surface area contributed by atoms with Gasteiger partial charge in [-0.3, -0.25) is 0 Å². The molecule has 0 spiro atoms. The van der Waals surface area contributed by atoms with E-state index in [0.29, 0.717) is 84.1 Å². The molecule has 1 atom stereocenters. The Hall–Kier alpha value is -1.27. The molecule has 0 fully saturated rings. The van der Waals surface area contributed by atoms with Gasteiger partial charge in [0.25, 0.3) is 0 Å². The molecule has 0 aromatic rings. The van der Waals surface area contributed by atoms with Gasteiger partial charge in [0.15, 0.2) is 0 Å². The zero-order valence-corrected chi connectivity index (χ0v) is 29.1. The second-order valence-electron chi connectivity index (χ2n) is 10.2. The molecule has 0 heterocycles. The maximum atomic E-state index is 12.5. The monoisotopic (exact) mass is 626 g/mol. The van der Waals surface area contributed by atoms with Crippen LogP contribution >= 0.6 is 0 Å². The van der Waals surface area contributed by atoms with Gasteiger partial charge >= 0.3 is 29.8 Å². The van der Waals surface area contributed by atoms with Crippen LogP contribution < -0.4 is 10.6 Å². The summed E-state index contributed by atoms with van der Waals surface area (Å²) in [6, 6.07) is 1.20. The molecule has 2 N–H and O–H groups in total. The van der Waals surface area contributed by atoms with Gasteiger partial charge in [-0.2, -0.15) is 0 Å². The Morgan fingerprint density at radius 3 is 1.34 bits per heavy atom. The third-order valence-electron chi connectivity index (χ3n) is 5.87. The maximum Gasteiger partial charge on any atom is 0.500 e. The molecule has 0 aliphatic carbocycles. The van der Waals surface area contributed by atoms with Crippen molar-refractivity contribution in [2.75, 3.05) is 59.3 Å². The van der Waals surface area contributed by atoms with E-state index < -0.39 is 35.9 Å². The second kappa shape index (κ2) is 22.3. The molecule has 0 saturated carbocycles. The van der Waals surface area contributed by atoms with Crippen molar-refractivity contribution in [2.24, 2.45) is 5.41 Å². The molecule has 0 aliphatic heterocycles. The second-order valence-corrected chi connectivity index (χ2v) is 15.7. The van der Waals surface area contributed by atoms with Gasteiger partial charge in [-0.25, -0.2) is 9.59 Å². The smallest absolute Gasteiger partial charge is 0.449 e. The molecule has 244 valence electrons. The first-order valence-electron chi connectivity index (χ1n) is 15.2. The van der Waals surface area contributed by atoms with Crippen molar-refractivity contribution in [3.05, 3.63) is 0 Å². The molecule has 0 aromatic heterocycles. The van der Waals surface area contributed by atoms with Gasteiger partial charge in [0, 0.05) is 71.2 Å². The molecule has 0 saturated heterocycles. The van der Waals surface area contributed by atoms with Crippen LogP contribution in [0.3, 0.4) is 0 Å². The SMILES string of the molecule is CCO[Si](CCCNC(=O)OCCC(OC(=O)NCCC[Si](OCC)(OCC)OCC)C(C)(C)C)(OCC)OCC. The third kappa shape index (κ3) is 17.4. The Balaban J connectivity index is 4.59. The highest BCUT2D eigenvalue weighted by atomic mass is 28.4. The molecule has 0 rings (SSSR count). The van der Waals surface area contributed by atoms with Crippen molar-refractivity contribution in [1.82, 2.24) is 10.6 Å². The summed E-state index contributed by atoms with van der Waals surface area (Å²) in [5.41, 5.74) is -0.343. The van der Waals surface area contributed by atoms with Crippen molar-refractivity contribution in [3.63, 3.8) is 0 Å². The molecule has 41 heavy (non-hydrogen) atoms. The van der Waals surface area contributed by atoms with Gasteiger partial charge in [0.2, 0.25) is 0 Å². The number of amides is 2. The van der Waals surface area contributed by atoms with E-state index in [4.69, 9.17) is 36.0 Å². The van der Waals surface area contributed by atoms with Crippen LogP contribution in [0.2, 0.25) is 12.1 Å². The fraction of sp³-hybridized carbons (Fsp3) is 0.926. The highest BCUT2D eigenvalue weighted by Gasteiger charge is 2.40. The minimum Gasteiger partial charge on any atom is -0.449 e. The maximum absolute atomic E-state index is 12.5. The van der Waals surface area contributed by atoms with E-state index in [1.54, 1.807) is 0 Å². The van der Waals surface area contributed by atoms with Crippen LogP contribution in [-0.4, -0.2) is 95.2 Å². The number of nitrogens with one attached hydrogen (secondary N) is 2. The summed E-state index contributed by atoms with van der Waals surface area (Å²) in [5.74, 6) is 0. The predicted molar refractivity (Wildman–Crippen MR) is 162 cm³/mol. The summed E-state index contributed by atoms with van der Waals surface area (Å²) < 4.78 is 46.1. The van der Waals surface area contributed by atoms with E-state index in [-0.39, 0.29) is 12.0 Å². The summed E-state index contributed by atoms with van der Waals surface area (Å²) in [6.07, 6.45) is 0.149. The Morgan fingerprint density at radius 2 is 1.00 bits per heavy atom. The summed E-state index contributed by atoms with van der Waals surface area (Å²) in [5, 5.41) is 5.56. The molecule has 14 heteroatoms. The zero-order chi connectivity index (χ0) is 31.2. The lowest BCUT2D eigenvalue weighted by Crippen LogP contribution is -2.46. The number of carbonyl (C=O) groups excluding carboxylic acids is 2. The first kappa shape index (κ1) is 39.7. The van der Waals surface area contributed by atoms with E-state index in [0.717, 1.165) is 0 Å². The van der Waals surface area contributed by atoms with E-state index in [1.807, 2.05) is 62.3 Å². The first-order chi connectivity index (χ1) is 19.5. The highest BCUT2D eigenvalue weighted by Crippen LogP contribution is 2.25. The quantitative estimate of drug-likeness (QED) is 0.110. The Bertz CT molecular complexity index is 663. The average molecular weight is 627 g/mol. The van der Waals surface area contributed by atoms with Crippen LogP contribution in [0.5, 0.6) is 0 Å². The van der Waals surface area contributed by atoms with Crippen LogP contribution in [0.15, 0.2) is 0 Å². The van der Waals surface area contributed by atoms with E-state index in [9.17, 15) is 9.59 Å². The van der Waals surface area contributed by atoms with Gasteiger partial charge in [0.05, 0.1) is 6.61 Å². The molecule has 2 amide bonds. The lowest BCUT2D eigenvalue weighted by Gasteiger charge is -2.30. The third-order valence-corrected chi connectivity index (χ3v) is 12.2. The summed E-state index contributed by atoms with van der Waals surface area (Å²) in [4.78, 5) is 24.8. The molecular weight excluding hydrogens is 568 g/mol. The van der Waals surface area contributed by atoms with Crippen molar-refractivity contribution in [2.45, 2.75) is 99.8 Å². The van der Waals surface area contributed by atoms with Crippen LogP contribution in [-0.2, 0) is 36.0 Å². The van der Waals surface area contributed by atoms with Gasteiger partial charge in [-0.05, 0) is 59.8 Å². The number of alkyl carbamates (subject to hydrolysis) is 2. The van der Waals surface area contributed by atoms with E-state index in [2.05, 4.69) is 10.6 Å². The number of hydrogen-bond donors (Lipinski definition) is 2. The van der Waals surface area contributed by atoms with Crippen LogP contribution in [0, 0.1) is 5.41 Å². The molecule has 0 aliphatic rings. The summed E-state index contributed by atoms with van der Waals surface area (Å²) >= 11 is 0. The van der Waals surface area contributed by atoms with Crippen LogP contribution in [0.25, 0.3) is 0 Å². The van der Waals surface area contributed by atoms with Crippen molar-refractivity contribution >= 4 is 29.8 Å². The first-order valence-corrected chi connectivity index (χ1v) is 19.0. The largest absolute Gasteiger partial charge is 0.500 e. The Kier molecular flexibility index (Phi) is 21.6. The number of ether oxygens (including phenoxy) is 2. The Morgan fingerprint density at radius 1 is 0.634 bits per heavy atom. The van der Waals surface area contributed by atoms with Crippen molar-refractivity contribution in [1.29, 1.82) is 0 Å². The van der Waals surface area contributed by atoms with Gasteiger partial charge in [-0.15, -0.1) is 0 Å². The summed E-state index contributed by atoms with van der Waals surface area (Å²) in [6.45, 7) is 21.4. The molecule has 0 aromatic carbocycles. The van der Waals surface area contributed by atoms with Crippen LogP contribution in [0.4, 0.5) is 9.59 Å².